The Morgan fingerprint density at radius 1 is 1.12 bits per heavy atom. The molecular weight excluding hydrogens is 340 g/mol. The van der Waals surface area contributed by atoms with E-state index in [4.69, 9.17) is 16.3 Å². The SMILES string of the molecule is Cc1cc(C(=O)OCC(=O)Nc2ccccc2Cl)c2ccccc2n1. The van der Waals surface area contributed by atoms with Crippen molar-refractivity contribution in [3.63, 3.8) is 0 Å². The molecule has 126 valence electrons. The summed E-state index contributed by atoms with van der Waals surface area (Å²) < 4.78 is 5.14. The minimum Gasteiger partial charge on any atom is -0.452 e. The van der Waals surface area contributed by atoms with E-state index >= 15 is 0 Å². The van der Waals surface area contributed by atoms with Crippen LogP contribution in [0.4, 0.5) is 5.69 Å². The second-order valence-corrected chi connectivity index (χ2v) is 5.84. The molecule has 5 nitrogen and oxygen atoms in total. The van der Waals surface area contributed by atoms with Gasteiger partial charge >= 0.3 is 5.97 Å². The summed E-state index contributed by atoms with van der Waals surface area (Å²) in [7, 11) is 0. The zero-order valence-corrected chi connectivity index (χ0v) is 14.2. The Labute approximate surface area is 149 Å². The number of carbonyl (C=O) groups excluding carboxylic acids is 2. The molecule has 0 saturated heterocycles. The van der Waals surface area contributed by atoms with Gasteiger partial charge in [0.05, 0.1) is 21.8 Å². The summed E-state index contributed by atoms with van der Waals surface area (Å²) in [5.74, 6) is -1.03. The van der Waals surface area contributed by atoms with Crippen molar-refractivity contribution in [1.29, 1.82) is 0 Å². The van der Waals surface area contributed by atoms with Crippen LogP contribution in [0.25, 0.3) is 10.9 Å². The highest BCUT2D eigenvalue weighted by Gasteiger charge is 2.15. The molecule has 0 radical (unpaired) electrons. The third kappa shape index (κ3) is 3.95. The van der Waals surface area contributed by atoms with E-state index in [1.165, 1.54) is 0 Å². The van der Waals surface area contributed by atoms with Crippen LogP contribution < -0.4 is 5.32 Å². The number of nitrogens with zero attached hydrogens (tertiary/aromatic N) is 1. The number of para-hydroxylation sites is 2. The van der Waals surface area contributed by atoms with Gasteiger partial charge in [-0.2, -0.15) is 0 Å². The predicted octanol–water partition coefficient (Wildman–Crippen LogP) is 3.99. The van der Waals surface area contributed by atoms with Gasteiger partial charge in [-0.25, -0.2) is 4.79 Å². The number of rotatable bonds is 4. The molecule has 0 aliphatic rings. The van der Waals surface area contributed by atoms with Crippen LogP contribution in [-0.2, 0) is 9.53 Å². The van der Waals surface area contributed by atoms with E-state index in [9.17, 15) is 9.59 Å². The number of nitrogens with one attached hydrogen (secondary N) is 1. The fourth-order valence-corrected chi connectivity index (χ4v) is 2.62. The molecule has 1 heterocycles. The number of aromatic nitrogens is 1. The summed E-state index contributed by atoms with van der Waals surface area (Å²) >= 11 is 5.98. The number of benzene rings is 2. The summed E-state index contributed by atoms with van der Waals surface area (Å²) in [6, 6.07) is 15.8. The highest BCUT2D eigenvalue weighted by molar-refractivity contribution is 6.33. The minimum atomic E-state index is -0.573. The zero-order valence-electron chi connectivity index (χ0n) is 13.5. The minimum absolute atomic E-state index is 0.383. The molecule has 0 unspecified atom stereocenters. The molecule has 6 heteroatoms. The highest BCUT2D eigenvalue weighted by atomic mass is 35.5. The number of anilines is 1. The Kier molecular flexibility index (Phi) is 4.95. The Balaban J connectivity index is 1.71. The molecule has 1 amide bonds. The Hall–Kier alpha value is -2.92. The van der Waals surface area contributed by atoms with E-state index in [0.29, 0.717) is 32.9 Å². The molecular formula is C19H15ClN2O3. The molecule has 0 aliphatic heterocycles. The van der Waals surface area contributed by atoms with Crippen molar-refractivity contribution in [2.75, 3.05) is 11.9 Å². The maximum Gasteiger partial charge on any atom is 0.339 e. The van der Waals surface area contributed by atoms with Gasteiger partial charge in [-0.1, -0.05) is 41.9 Å². The first-order chi connectivity index (χ1) is 12.0. The van der Waals surface area contributed by atoms with Gasteiger partial charge in [-0.3, -0.25) is 9.78 Å². The number of amides is 1. The first kappa shape index (κ1) is 16.9. The van der Waals surface area contributed by atoms with E-state index < -0.39 is 18.5 Å². The molecule has 0 spiro atoms. The number of carbonyl (C=O) groups is 2. The number of pyridine rings is 1. The first-order valence-corrected chi connectivity index (χ1v) is 8.00. The monoisotopic (exact) mass is 354 g/mol. The molecule has 0 bridgehead atoms. The second kappa shape index (κ2) is 7.32. The van der Waals surface area contributed by atoms with Crippen LogP contribution in [0.3, 0.4) is 0 Å². The largest absolute Gasteiger partial charge is 0.452 e. The van der Waals surface area contributed by atoms with Gasteiger partial charge in [-0.15, -0.1) is 0 Å². The Bertz CT molecular complexity index is 956. The van der Waals surface area contributed by atoms with E-state index in [0.717, 1.165) is 0 Å². The summed E-state index contributed by atoms with van der Waals surface area (Å²) in [5.41, 5.74) is 2.25. The summed E-state index contributed by atoms with van der Waals surface area (Å²) in [5, 5.41) is 3.70. The number of ether oxygens (including phenoxy) is 1. The van der Waals surface area contributed by atoms with Crippen molar-refractivity contribution in [2.24, 2.45) is 0 Å². The van der Waals surface area contributed by atoms with E-state index in [-0.39, 0.29) is 0 Å². The standard InChI is InChI=1S/C19H15ClN2O3/c1-12-10-14(13-6-2-4-8-16(13)21-12)19(24)25-11-18(23)22-17-9-5-3-7-15(17)20/h2-10H,11H2,1H3,(H,22,23). The molecule has 0 aliphatic carbocycles. The van der Waals surface area contributed by atoms with Gasteiger partial charge in [0.25, 0.3) is 5.91 Å². The molecule has 0 saturated carbocycles. The van der Waals surface area contributed by atoms with Gasteiger partial charge in [0.15, 0.2) is 6.61 Å². The van der Waals surface area contributed by atoms with Gasteiger partial charge in [0.2, 0.25) is 0 Å². The molecule has 1 aromatic heterocycles. The van der Waals surface area contributed by atoms with Crippen LogP contribution in [0.1, 0.15) is 16.1 Å². The number of hydrogen-bond acceptors (Lipinski definition) is 4. The Morgan fingerprint density at radius 3 is 2.64 bits per heavy atom. The maximum absolute atomic E-state index is 12.4. The molecule has 3 rings (SSSR count). The van der Waals surface area contributed by atoms with Crippen LogP contribution in [0, 0.1) is 6.92 Å². The van der Waals surface area contributed by atoms with Gasteiger partial charge in [-0.05, 0) is 31.2 Å². The molecule has 3 aromatic rings. The van der Waals surface area contributed by atoms with Gasteiger partial charge in [0.1, 0.15) is 0 Å². The van der Waals surface area contributed by atoms with Crippen LogP contribution in [0.15, 0.2) is 54.6 Å². The summed E-state index contributed by atoms with van der Waals surface area (Å²) in [6.45, 7) is 1.40. The molecule has 25 heavy (non-hydrogen) atoms. The number of halogens is 1. The number of hydrogen-bond donors (Lipinski definition) is 1. The Morgan fingerprint density at radius 2 is 1.84 bits per heavy atom. The lowest BCUT2D eigenvalue weighted by atomic mass is 10.1. The average molecular weight is 355 g/mol. The average Bonchev–Trinajstić information content (AvgIpc) is 2.61. The van der Waals surface area contributed by atoms with Crippen molar-refractivity contribution in [2.45, 2.75) is 6.92 Å². The molecule has 0 fully saturated rings. The smallest absolute Gasteiger partial charge is 0.339 e. The van der Waals surface area contributed by atoms with Crippen molar-refractivity contribution >= 4 is 40.1 Å². The van der Waals surface area contributed by atoms with Crippen molar-refractivity contribution in [3.05, 3.63) is 70.9 Å². The maximum atomic E-state index is 12.4. The van der Waals surface area contributed by atoms with Gasteiger partial charge < -0.3 is 10.1 Å². The lowest BCUT2D eigenvalue weighted by Crippen LogP contribution is -2.21. The van der Waals surface area contributed by atoms with Crippen molar-refractivity contribution < 1.29 is 14.3 Å². The molecule has 2 aromatic carbocycles. The molecule has 0 atom stereocenters. The third-order valence-electron chi connectivity index (χ3n) is 3.55. The van der Waals surface area contributed by atoms with Crippen LogP contribution >= 0.6 is 11.6 Å². The van der Waals surface area contributed by atoms with Crippen LogP contribution in [0.2, 0.25) is 5.02 Å². The van der Waals surface area contributed by atoms with E-state index in [2.05, 4.69) is 10.3 Å². The van der Waals surface area contributed by atoms with Crippen LogP contribution in [0.5, 0.6) is 0 Å². The fourth-order valence-electron chi connectivity index (χ4n) is 2.43. The quantitative estimate of drug-likeness (QED) is 0.719. The molecule has 1 N–H and O–H groups in total. The second-order valence-electron chi connectivity index (χ2n) is 5.43. The van der Waals surface area contributed by atoms with Crippen molar-refractivity contribution in [3.8, 4) is 0 Å². The lowest BCUT2D eigenvalue weighted by molar-refractivity contribution is -0.119. The topological polar surface area (TPSA) is 68.3 Å². The normalized spacial score (nSPS) is 10.5. The number of fused-ring (bicyclic) bond motifs is 1. The van der Waals surface area contributed by atoms with Crippen molar-refractivity contribution in [1.82, 2.24) is 4.98 Å². The summed E-state index contributed by atoms with van der Waals surface area (Å²) in [4.78, 5) is 28.7. The van der Waals surface area contributed by atoms with E-state index in [1.807, 2.05) is 18.2 Å². The van der Waals surface area contributed by atoms with E-state index in [1.54, 1.807) is 43.3 Å². The fraction of sp³-hybridized carbons (Fsp3) is 0.105. The zero-order chi connectivity index (χ0) is 17.8. The third-order valence-corrected chi connectivity index (χ3v) is 3.88. The van der Waals surface area contributed by atoms with Crippen LogP contribution in [-0.4, -0.2) is 23.5 Å². The highest BCUT2D eigenvalue weighted by Crippen LogP contribution is 2.21. The number of aryl methyl sites for hydroxylation is 1. The predicted molar refractivity (Wildman–Crippen MR) is 96.8 cm³/mol. The summed E-state index contributed by atoms with van der Waals surface area (Å²) in [6.07, 6.45) is 0. The lowest BCUT2D eigenvalue weighted by Gasteiger charge is -2.09. The first-order valence-electron chi connectivity index (χ1n) is 7.62. The number of esters is 1. The van der Waals surface area contributed by atoms with Gasteiger partial charge in [0, 0.05) is 11.1 Å².